The maximum absolute atomic E-state index is 13.3. The third-order valence-electron chi connectivity index (χ3n) is 4.94. The number of thiazole rings is 1. The van der Waals surface area contributed by atoms with Crippen molar-refractivity contribution in [2.45, 2.75) is 13.2 Å². The van der Waals surface area contributed by atoms with Crippen LogP contribution in [0, 0.1) is 5.82 Å². The molecule has 158 valence electrons. The van der Waals surface area contributed by atoms with E-state index < -0.39 is 0 Å². The van der Waals surface area contributed by atoms with Crippen LogP contribution >= 0.6 is 11.3 Å². The highest BCUT2D eigenvalue weighted by atomic mass is 32.1. The molecule has 0 amide bonds. The highest BCUT2D eigenvalue weighted by Crippen LogP contribution is 2.29. The van der Waals surface area contributed by atoms with Crippen molar-refractivity contribution in [1.29, 1.82) is 0 Å². The number of nitrogens with zero attached hydrogens (tertiary/aromatic N) is 2. The number of halogens is 1. The fourth-order valence-corrected chi connectivity index (χ4v) is 4.10. The van der Waals surface area contributed by atoms with Crippen molar-refractivity contribution in [2.24, 2.45) is 0 Å². The van der Waals surface area contributed by atoms with Gasteiger partial charge in [0.05, 0.1) is 31.7 Å². The molecule has 2 aromatic carbocycles. The van der Waals surface area contributed by atoms with Crippen LogP contribution in [-0.2, 0) is 13.2 Å². The van der Waals surface area contributed by atoms with E-state index in [1.807, 2.05) is 16.0 Å². The molecular formula is C23H19FN2O4S. The van der Waals surface area contributed by atoms with Gasteiger partial charge in [0.2, 0.25) is 0 Å². The van der Waals surface area contributed by atoms with E-state index in [1.165, 1.54) is 48.8 Å². The minimum absolute atomic E-state index is 0.298. The lowest BCUT2D eigenvalue weighted by molar-refractivity contribution is 0.104. The number of imidazole rings is 1. The molecule has 0 fully saturated rings. The van der Waals surface area contributed by atoms with Crippen LogP contribution in [0.1, 0.15) is 27.2 Å². The Labute approximate surface area is 181 Å². The summed E-state index contributed by atoms with van der Waals surface area (Å²) in [6.45, 7) is -0.639. The number of allylic oxidation sites excluding steroid dienone is 1. The van der Waals surface area contributed by atoms with Gasteiger partial charge in [-0.1, -0.05) is 0 Å². The average molecular weight is 438 g/mol. The van der Waals surface area contributed by atoms with Gasteiger partial charge in [0.15, 0.2) is 10.7 Å². The lowest BCUT2D eigenvalue weighted by Gasteiger charge is -2.12. The zero-order chi connectivity index (χ0) is 22.0. The van der Waals surface area contributed by atoms with Gasteiger partial charge in [-0.3, -0.25) is 9.20 Å². The van der Waals surface area contributed by atoms with Gasteiger partial charge in [0, 0.05) is 28.3 Å². The molecule has 0 atom stereocenters. The van der Waals surface area contributed by atoms with E-state index in [1.54, 1.807) is 18.2 Å². The van der Waals surface area contributed by atoms with Crippen LogP contribution in [-0.4, -0.2) is 32.5 Å². The monoisotopic (exact) mass is 438 g/mol. The van der Waals surface area contributed by atoms with Gasteiger partial charge in [0.1, 0.15) is 11.6 Å². The number of aliphatic hydroxyl groups is 2. The summed E-state index contributed by atoms with van der Waals surface area (Å²) in [6, 6.07) is 9.10. The summed E-state index contributed by atoms with van der Waals surface area (Å²) >= 11 is 1.46. The van der Waals surface area contributed by atoms with E-state index in [0.29, 0.717) is 33.8 Å². The predicted octanol–water partition coefficient (Wildman–Crippen LogP) is 4.09. The Kier molecular flexibility index (Phi) is 5.94. The molecule has 2 N–H and O–H groups in total. The summed E-state index contributed by atoms with van der Waals surface area (Å²) in [7, 11) is 1.44. The zero-order valence-electron chi connectivity index (χ0n) is 16.6. The molecule has 31 heavy (non-hydrogen) atoms. The molecule has 4 aromatic rings. The number of fused-ring (bicyclic) bond motifs is 1. The maximum atomic E-state index is 13.3. The van der Waals surface area contributed by atoms with Crippen molar-refractivity contribution < 1.29 is 24.1 Å². The Hall–Kier alpha value is -3.33. The summed E-state index contributed by atoms with van der Waals surface area (Å²) in [4.78, 5) is 18.2. The summed E-state index contributed by atoms with van der Waals surface area (Å²) in [6.07, 6.45) is 4.94. The van der Waals surface area contributed by atoms with E-state index in [4.69, 9.17) is 4.74 Å². The van der Waals surface area contributed by atoms with Crippen LogP contribution in [0.5, 0.6) is 5.75 Å². The first kappa shape index (κ1) is 20.9. The number of benzene rings is 2. The fourth-order valence-electron chi connectivity index (χ4n) is 3.38. The Balaban J connectivity index is 1.74. The van der Waals surface area contributed by atoms with E-state index in [2.05, 4.69) is 4.98 Å². The molecule has 2 heterocycles. The summed E-state index contributed by atoms with van der Waals surface area (Å²) < 4.78 is 20.5. The van der Waals surface area contributed by atoms with Crippen LogP contribution < -0.4 is 4.74 Å². The zero-order valence-corrected chi connectivity index (χ0v) is 17.4. The van der Waals surface area contributed by atoms with Crippen LogP contribution in [0.25, 0.3) is 22.3 Å². The first-order valence-electron chi connectivity index (χ1n) is 9.41. The van der Waals surface area contributed by atoms with Gasteiger partial charge < -0.3 is 14.9 Å². The predicted molar refractivity (Wildman–Crippen MR) is 117 cm³/mol. The van der Waals surface area contributed by atoms with Crippen molar-refractivity contribution in [2.75, 3.05) is 7.11 Å². The standard InChI is InChI=1S/C23H19FN2O4S/c1-30-21-11-15(10-16(12-27)18(21)13-28)20(29)7-6-19-22(14-2-4-17(24)5-3-14)25-23-26(19)8-9-31-23/h2-11,27-28H,12-13H2,1H3/b7-6+. The third kappa shape index (κ3) is 4.00. The quantitative estimate of drug-likeness (QED) is 0.335. The Bertz CT molecular complexity index is 1250. The molecule has 4 rings (SSSR count). The minimum atomic E-state index is -0.336. The van der Waals surface area contributed by atoms with Crippen molar-refractivity contribution in [3.8, 4) is 17.0 Å². The average Bonchev–Trinajstić information content (AvgIpc) is 3.38. The molecule has 0 saturated carbocycles. The van der Waals surface area contributed by atoms with Gasteiger partial charge in [-0.2, -0.15) is 0 Å². The number of rotatable bonds is 7. The van der Waals surface area contributed by atoms with Crippen LogP contribution in [0.3, 0.4) is 0 Å². The molecule has 2 aromatic heterocycles. The summed E-state index contributed by atoms with van der Waals surface area (Å²) in [5.74, 6) is -0.299. The molecule has 0 unspecified atom stereocenters. The topological polar surface area (TPSA) is 84.1 Å². The molecule has 0 bridgehead atoms. The van der Waals surface area contributed by atoms with Gasteiger partial charge in [-0.05, 0) is 54.1 Å². The second-order valence-corrected chi connectivity index (χ2v) is 7.61. The molecular weight excluding hydrogens is 419 g/mol. The van der Waals surface area contributed by atoms with E-state index in [9.17, 15) is 19.4 Å². The van der Waals surface area contributed by atoms with E-state index >= 15 is 0 Å². The van der Waals surface area contributed by atoms with E-state index in [0.717, 1.165) is 10.5 Å². The molecule has 0 spiro atoms. The summed E-state index contributed by atoms with van der Waals surface area (Å²) in [5.41, 5.74) is 3.26. The van der Waals surface area contributed by atoms with Crippen molar-refractivity contribution in [3.05, 3.63) is 82.3 Å². The third-order valence-corrected chi connectivity index (χ3v) is 5.70. The Morgan fingerprint density at radius 2 is 2.00 bits per heavy atom. The number of methoxy groups -OCH3 is 1. The van der Waals surface area contributed by atoms with Crippen molar-refractivity contribution in [3.63, 3.8) is 0 Å². The summed E-state index contributed by atoms with van der Waals surface area (Å²) in [5, 5.41) is 21.0. The molecule has 6 nitrogen and oxygen atoms in total. The number of hydrogen-bond acceptors (Lipinski definition) is 6. The molecule has 0 saturated heterocycles. The number of ether oxygens (including phenoxy) is 1. The van der Waals surface area contributed by atoms with Gasteiger partial charge in [0.25, 0.3) is 0 Å². The van der Waals surface area contributed by atoms with Gasteiger partial charge in [-0.15, -0.1) is 11.3 Å². The first-order chi connectivity index (χ1) is 15.0. The smallest absolute Gasteiger partial charge is 0.194 e. The number of carbonyl (C=O) groups is 1. The number of hydrogen-bond donors (Lipinski definition) is 2. The number of carbonyl (C=O) groups excluding carboxylic acids is 1. The second-order valence-electron chi connectivity index (χ2n) is 6.74. The molecule has 0 aliphatic carbocycles. The molecule has 0 aliphatic heterocycles. The van der Waals surface area contributed by atoms with Crippen LogP contribution in [0.15, 0.2) is 54.1 Å². The molecule has 8 heteroatoms. The SMILES string of the molecule is COc1cc(C(=O)/C=C/c2c(-c3ccc(F)cc3)nc3sccn23)cc(CO)c1CO. The van der Waals surface area contributed by atoms with Crippen molar-refractivity contribution in [1.82, 2.24) is 9.38 Å². The highest BCUT2D eigenvalue weighted by molar-refractivity contribution is 7.15. The Morgan fingerprint density at radius 1 is 1.23 bits per heavy atom. The van der Waals surface area contributed by atoms with Crippen molar-refractivity contribution >= 4 is 28.2 Å². The van der Waals surface area contributed by atoms with E-state index in [-0.39, 0.29) is 24.8 Å². The van der Waals surface area contributed by atoms with Gasteiger partial charge >= 0.3 is 0 Å². The number of aromatic nitrogens is 2. The molecule has 0 aliphatic rings. The second kappa shape index (κ2) is 8.81. The highest BCUT2D eigenvalue weighted by Gasteiger charge is 2.16. The lowest BCUT2D eigenvalue weighted by atomic mass is 10.0. The first-order valence-corrected chi connectivity index (χ1v) is 10.3. The normalized spacial score (nSPS) is 11.5. The van der Waals surface area contributed by atoms with Crippen LogP contribution in [0.4, 0.5) is 4.39 Å². The number of aliphatic hydroxyl groups excluding tert-OH is 2. The lowest BCUT2D eigenvalue weighted by Crippen LogP contribution is -2.04. The van der Waals surface area contributed by atoms with Gasteiger partial charge in [-0.25, -0.2) is 9.37 Å². The number of ketones is 1. The maximum Gasteiger partial charge on any atom is 0.194 e. The van der Waals surface area contributed by atoms with Crippen LogP contribution in [0.2, 0.25) is 0 Å². The molecule has 0 radical (unpaired) electrons. The Morgan fingerprint density at radius 3 is 2.68 bits per heavy atom. The largest absolute Gasteiger partial charge is 0.496 e. The minimum Gasteiger partial charge on any atom is -0.496 e. The fraction of sp³-hybridized carbons (Fsp3) is 0.130.